The van der Waals surface area contributed by atoms with Crippen LogP contribution in [0.5, 0.6) is 0 Å². The highest BCUT2D eigenvalue weighted by atomic mass is 16.2. The second-order valence-corrected chi connectivity index (χ2v) is 5.53. The average molecular weight is 243 g/mol. The summed E-state index contributed by atoms with van der Waals surface area (Å²) in [6.45, 7) is 10.2. The molecule has 0 aromatic carbocycles. The van der Waals surface area contributed by atoms with Gasteiger partial charge in [-0.3, -0.25) is 9.59 Å². The highest BCUT2D eigenvalue weighted by Gasteiger charge is 2.25. The summed E-state index contributed by atoms with van der Waals surface area (Å²) in [6.07, 6.45) is 0.203. The maximum atomic E-state index is 11.7. The van der Waals surface area contributed by atoms with E-state index in [4.69, 9.17) is 5.73 Å². The molecule has 0 fully saturated rings. The van der Waals surface area contributed by atoms with E-state index in [9.17, 15) is 9.59 Å². The molecule has 1 atom stereocenters. The fraction of sp³-hybridized carbons (Fsp3) is 0.833. The van der Waals surface area contributed by atoms with Crippen molar-refractivity contribution in [2.75, 3.05) is 6.54 Å². The normalized spacial score (nSPS) is 13.5. The van der Waals surface area contributed by atoms with Gasteiger partial charge in [-0.25, -0.2) is 0 Å². The third kappa shape index (κ3) is 7.74. The summed E-state index contributed by atoms with van der Waals surface area (Å²) in [5, 5.41) is 5.94. The van der Waals surface area contributed by atoms with Gasteiger partial charge in [-0.2, -0.15) is 0 Å². The van der Waals surface area contributed by atoms with Crippen LogP contribution < -0.4 is 16.4 Å². The topological polar surface area (TPSA) is 84.2 Å². The second-order valence-electron chi connectivity index (χ2n) is 5.53. The van der Waals surface area contributed by atoms with E-state index >= 15 is 0 Å². The molecule has 0 spiro atoms. The minimum absolute atomic E-state index is 0.0590. The molecule has 0 aliphatic rings. The first-order valence-electron chi connectivity index (χ1n) is 5.98. The molecule has 5 nitrogen and oxygen atoms in total. The second kappa shape index (κ2) is 6.59. The number of amides is 2. The monoisotopic (exact) mass is 243 g/mol. The Balaban J connectivity index is 4.18. The van der Waals surface area contributed by atoms with Gasteiger partial charge in [-0.1, -0.05) is 13.8 Å². The zero-order valence-electron chi connectivity index (χ0n) is 11.5. The molecule has 0 aromatic rings. The van der Waals surface area contributed by atoms with Gasteiger partial charge >= 0.3 is 0 Å². The smallest absolute Gasteiger partial charge is 0.236 e. The van der Waals surface area contributed by atoms with Crippen molar-refractivity contribution in [1.82, 2.24) is 10.6 Å². The highest BCUT2D eigenvalue weighted by Crippen LogP contribution is 2.08. The van der Waals surface area contributed by atoms with Crippen LogP contribution in [-0.4, -0.2) is 29.9 Å². The van der Waals surface area contributed by atoms with Crippen LogP contribution in [0.15, 0.2) is 0 Å². The average Bonchev–Trinajstić information content (AvgIpc) is 2.10. The molecule has 4 N–H and O–H groups in total. The predicted molar refractivity (Wildman–Crippen MR) is 68.3 cm³/mol. The Kier molecular flexibility index (Phi) is 6.16. The van der Waals surface area contributed by atoms with Gasteiger partial charge in [0.15, 0.2) is 0 Å². The van der Waals surface area contributed by atoms with Crippen LogP contribution in [0.25, 0.3) is 0 Å². The quantitative estimate of drug-likeness (QED) is 0.605. The minimum Gasteiger partial charge on any atom is -0.370 e. The molecular formula is C12H25N3O2. The van der Waals surface area contributed by atoms with E-state index in [2.05, 4.69) is 10.6 Å². The van der Waals surface area contributed by atoms with Gasteiger partial charge in [0.25, 0.3) is 0 Å². The van der Waals surface area contributed by atoms with Crippen molar-refractivity contribution < 1.29 is 9.59 Å². The van der Waals surface area contributed by atoms with Gasteiger partial charge in [0.2, 0.25) is 11.8 Å². The molecule has 0 bridgehead atoms. The molecule has 0 aliphatic heterocycles. The molecule has 100 valence electrons. The van der Waals surface area contributed by atoms with Crippen LogP contribution in [0.3, 0.4) is 0 Å². The SMILES string of the molecule is CC(C)CNC(=O)C(C)NC(C)(C)CC(N)=O. The molecule has 0 saturated heterocycles. The third-order valence-corrected chi connectivity index (χ3v) is 2.30. The van der Waals surface area contributed by atoms with Crippen molar-refractivity contribution in [2.45, 2.75) is 52.6 Å². The van der Waals surface area contributed by atoms with E-state index in [0.717, 1.165) is 0 Å². The number of rotatable bonds is 7. The Hall–Kier alpha value is -1.10. The molecule has 0 radical (unpaired) electrons. The van der Waals surface area contributed by atoms with Crippen LogP contribution in [0.4, 0.5) is 0 Å². The number of nitrogens with one attached hydrogen (secondary N) is 2. The molecule has 0 saturated carbocycles. The Bertz CT molecular complexity index is 275. The van der Waals surface area contributed by atoms with E-state index in [1.165, 1.54) is 0 Å². The Morgan fingerprint density at radius 3 is 2.18 bits per heavy atom. The third-order valence-electron chi connectivity index (χ3n) is 2.30. The fourth-order valence-corrected chi connectivity index (χ4v) is 1.60. The highest BCUT2D eigenvalue weighted by molar-refractivity contribution is 5.81. The van der Waals surface area contributed by atoms with Gasteiger partial charge in [-0.15, -0.1) is 0 Å². The first-order chi connectivity index (χ1) is 7.64. The largest absolute Gasteiger partial charge is 0.370 e. The molecule has 0 aliphatic carbocycles. The van der Waals surface area contributed by atoms with Crippen LogP contribution >= 0.6 is 0 Å². The Morgan fingerprint density at radius 2 is 1.76 bits per heavy atom. The summed E-state index contributed by atoms with van der Waals surface area (Å²) in [4.78, 5) is 22.6. The predicted octanol–water partition coefficient (Wildman–Crippen LogP) is 0.391. The van der Waals surface area contributed by atoms with Crippen LogP contribution in [0, 0.1) is 5.92 Å². The zero-order chi connectivity index (χ0) is 13.6. The van der Waals surface area contributed by atoms with Crippen molar-refractivity contribution in [2.24, 2.45) is 11.7 Å². The molecule has 5 heteroatoms. The summed E-state index contributed by atoms with van der Waals surface area (Å²) in [5.41, 5.74) is 4.68. The lowest BCUT2D eigenvalue weighted by atomic mass is 9.99. The number of carbonyl (C=O) groups is 2. The molecule has 0 aromatic heterocycles. The number of hydrogen-bond acceptors (Lipinski definition) is 3. The van der Waals surface area contributed by atoms with Gasteiger partial charge in [0, 0.05) is 18.5 Å². The van der Waals surface area contributed by atoms with Gasteiger partial charge < -0.3 is 16.4 Å². The van der Waals surface area contributed by atoms with Crippen molar-refractivity contribution in [3.63, 3.8) is 0 Å². The van der Waals surface area contributed by atoms with E-state index in [0.29, 0.717) is 12.5 Å². The molecule has 1 unspecified atom stereocenters. The van der Waals surface area contributed by atoms with Crippen molar-refractivity contribution in [3.05, 3.63) is 0 Å². The summed E-state index contributed by atoms with van der Waals surface area (Å²) in [7, 11) is 0. The first kappa shape index (κ1) is 15.9. The van der Waals surface area contributed by atoms with E-state index in [1.54, 1.807) is 6.92 Å². The zero-order valence-corrected chi connectivity index (χ0v) is 11.5. The lowest BCUT2D eigenvalue weighted by Crippen LogP contribution is -2.53. The van der Waals surface area contributed by atoms with E-state index in [-0.39, 0.29) is 24.3 Å². The fourth-order valence-electron chi connectivity index (χ4n) is 1.60. The number of primary amides is 1. The Morgan fingerprint density at radius 1 is 1.24 bits per heavy atom. The van der Waals surface area contributed by atoms with E-state index < -0.39 is 5.54 Å². The maximum absolute atomic E-state index is 11.7. The van der Waals surface area contributed by atoms with E-state index in [1.807, 2.05) is 27.7 Å². The molecular weight excluding hydrogens is 218 g/mol. The lowest BCUT2D eigenvalue weighted by molar-refractivity contribution is -0.124. The molecule has 2 amide bonds. The maximum Gasteiger partial charge on any atom is 0.236 e. The summed E-state index contributed by atoms with van der Waals surface area (Å²) in [5.74, 6) is -0.0155. The van der Waals surface area contributed by atoms with Crippen LogP contribution in [0.2, 0.25) is 0 Å². The summed E-state index contributed by atoms with van der Waals surface area (Å²) < 4.78 is 0. The van der Waals surface area contributed by atoms with Gasteiger partial charge in [-0.05, 0) is 26.7 Å². The lowest BCUT2D eigenvalue weighted by Gasteiger charge is -2.28. The number of carbonyl (C=O) groups excluding carboxylic acids is 2. The van der Waals surface area contributed by atoms with Crippen molar-refractivity contribution in [3.8, 4) is 0 Å². The standard InChI is InChI=1S/C12H25N3O2/c1-8(2)7-14-11(17)9(3)15-12(4,5)6-10(13)16/h8-9,15H,6-7H2,1-5H3,(H2,13,16)(H,14,17). The Labute approximate surface area is 104 Å². The van der Waals surface area contributed by atoms with Crippen molar-refractivity contribution >= 4 is 11.8 Å². The van der Waals surface area contributed by atoms with Crippen molar-refractivity contribution in [1.29, 1.82) is 0 Å². The first-order valence-corrected chi connectivity index (χ1v) is 5.98. The molecule has 17 heavy (non-hydrogen) atoms. The van der Waals surface area contributed by atoms with Crippen LogP contribution in [-0.2, 0) is 9.59 Å². The van der Waals surface area contributed by atoms with Crippen LogP contribution in [0.1, 0.15) is 41.0 Å². The minimum atomic E-state index is -0.472. The van der Waals surface area contributed by atoms with Gasteiger partial charge in [0.05, 0.1) is 6.04 Å². The molecule has 0 heterocycles. The molecule has 0 rings (SSSR count). The number of hydrogen-bond donors (Lipinski definition) is 3. The number of nitrogens with two attached hydrogens (primary N) is 1. The summed E-state index contributed by atoms with van der Waals surface area (Å²) in [6, 6.07) is -0.344. The summed E-state index contributed by atoms with van der Waals surface area (Å²) >= 11 is 0. The van der Waals surface area contributed by atoms with Gasteiger partial charge in [0.1, 0.15) is 0 Å².